The van der Waals surface area contributed by atoms with Gasteiger partial charge in [-0.15, -0.1) is 0 Å². The van der Waals surface area contributed by atoms with Gasteiger partial charge >= 0.3 is 0 Å². The molecule has 0 heteroatoms. The van der Waals surface area contributed by atoms with E-state index in [0.717, 1.165) is 5.92 Å². The molecule has 1 atom stereocenters. The fourth-order valence-electron chi connectivity index (χ4n) is 2.91. The maximum Gasteiger partial charge on any atom is 0.00131 e. The summed E-state index contributed by atoms with van der Waals surface area (Å²) in [6, 6.07) is 0. The van der Waals surface area contributed by atoms with Crippen molar-refractivity contribution in [2.24, 2.45) is 5.92 Å². The number of hydrogen-bond donors (Lipinski definition) is 0. The molecule has 0 N–H and O–H groups in total. The largest absolute Gasteiger partial charge is 0.0654 e. The molecule has 16 heavy (non-hydrogen) atoms. The third-order valence-corrected chi connectivity index (χ3v) is 4.19. The third-order valence-electron chi connectivity index (χ3n) is 4.19. The van der Waals surface area contributed by atoms with Crippen molar-refractivity contribution >= 4 is 0 Å². The predicted octanol–water partition coefficient (Wildman–Crippen LogP) is 5.65. The first-order chi connectivity index (χ1) is 7.63. The molecule has 0 aromatic heterocycles. The molecule has 1 aliphatic rings. The highest BCUT2D eigenvalue weighted by Gasteiger charge is 2.25. The summed E-state index contributed by atoms with van der Waals surface area (Å²) in [5.41, 5.74) is 6.61. The minimum absolute atomic E-state index is 0.770. The zero-order chi connectivity index (χ0) is 12.1. The molecule has 92 valence electrons. The van der Waals surface area contributed by atoms with Crippen molar-refractivity contribution in [3.05, 3.63) is 22.3 Å². The van der Waals surface area contributed by atoms with Crippen LogP contribution in [0.25, 0.3) is 0 Å². The Morgan fingerprint density at radius 2 is 1.50 bits per heavy atom. The second kappa shape index (κ2) is 6.27. The van der Waals surface area contributed by atoms with E-state index in [4.69, 9.17) is 0 Å². The summed E-state index contributed by atoms with van der Waals surface area (Å²) in [7, 11) is 0. The summed E-state index contributed by atoms with van der Waals surface area (Å²) in [5, 5.41) is 0. The first-order valence-corrected chi connectivity index (χ1v) is 7.00. The van der Waals surface area contributed by atoms with Gasteiger partial charge in [0.1, 0.15) is 0 Å². The molecular formula is C16H28. The van der Waals surface area contributed by atoms with Crippen LogP contribution in [-0.4, -0.2) is 0 Å². The van der Waals surface area contributed by atoms with E-state index in [1.807, 2.05) is 0 Å². The maximum atomic E-state index is 2.37. The number of allylic oxidation sites excluding steroid dienone is 4. The summed E-state index contributed by atoms with van der Waals surface area (Å²) in [4.78, 5) is 0. The first-order valence-electron chi connectivity index (χ1n) is 7.00. The third kappa shape index (κ3) is 2.78. The van der Waals surface area contributed by atoms with Gasteiger partial charge in [0.05, 0.1) is 0 Å². The molecule has 0 nitrogen and oxygen atoms in total. The van der Waals surface area contributed by atoms with Gasteiger partial charge in [-0.05, 0) is 51.2 Å². The quantitative estimate of drug-likeness (QED) is 0.542. The molecule has 0 heterocycles. The summed E-state index contributed by atoms with van der Waals surface area (Å²) >= 11 is 0. The monoisotopic (exact) mass is 220 g/mol. The molecule has 0 aliphatic heterocycles. The van der Waals surface area contributed by atoms with Crippen LogP contribution in [0.2, 0.25) is 0 Å². The lowest BCUT2D eigenvalue weighted by Gasteiger charge is -2.14. The van der Waals surface area contributed by atoms with E-state index < -0.39 is 0 Å². The Morgan fingerprint density at radius 1 is 0.875 bits per heavy atom. The van der Waals surface area contributed by atoms with Crippen molar-refractivity contribution < 1.29 is 0 Å². The minimum atomic E-state index is 0.770. The van der Waals surface area contributed by atoms with Gasteiger partial charge in [-0.2, -0.15) is 0 Å². The van der Waals surface area contributed by atoms with E-state index in [9.17, 15) is 0 Å². The van der Waals surface area contributed by atoms with Gasteiger partial charge in [-0.25, -0.2) is 0 Å². The van der Waals surface area contributed by atoms with Gasteiger partial charge in [-0.3, -0.25) is 0 Å². The zero-order valence-electron chi connectivity index (χ0n) is 11.8. The van der Waals surface area contributed by atoms with Crippen LogP contribution in [0.3, 0.4) is 0 Å². The van der Waals surface area contributed by atoms with Crippen molar-refractivity contribution in [3.8, 4) is 0 Å². The zero-order valence-corrected chi connectivity index (χ0v) is 11.8. The average Bonchev–Trinajstić information content (AvgIpc) is 2.47. The van der Waals surface area contributed by atoms with Crippen molar-refractivity contribution in [1.82, 2.24) is 0 Å². The molecular weight excluding hydrogens is 192 g/mol. The van der Waals surface area contributed by atoms with Crippen LogP contribution in [0.4, 0.5) is 0 Å². The maximum absolute atomic E-state index is 2.37. The number of unbranched alkanes of at least 4 members (excludes halogenated alkanes) is 2. The van der Waals surface area contributed by atoms with Gasteiger partial charge in [-0.1, -0.05) is 44.3 Å². The van der Waals surface area contributed by atoms with Crippen LogP contribution in [0.1, 0.15) is 73.1 Å². The second-order valence-corrected chi connectivity index (χ2v) is 5.27. The molecule has 0 radical (unpaired) electrons. The summed E-state index contributed by atoms with van der Waals surface area (Å²) in [6.45, 7) is 11.6. The topological polar surface area (TPSA) is 0 Å². The Labute approximate surface area is 102 Å². The summed E-state index contributed by atoms with van der Waals surface area (Å²) in [5.74, 6) is 0.770. The average molecular weight is 220 g/mol. The Morgan fingerprint density at radius 3 is 2.06 bits per heavy atom. The highest BCUT2D eigenvalue weighted by Crippen LogP contribution is 2.41. The smallest absolute Gasteiger partial charge is 0.00131 e. The van der Waals surface area contributed by atoms with Crippen LogP contribution in [0.5, 0.6) is 0 Å². The minimum Gasteiger partial charge on any atom is -0.0654 e. The highest BCUT2D eigenvalue weighted by molar-refractivity contribution is 5.47. The Kier molecular flexibility index (Phi) is 5.31. The van der Waals surface area contributed by atoms with Crippen LogP contribution in [-0.2, 0) is 0 Å². The SMILES string of the molecule is CCCCC1=C(C)C(CCCC)C(C)=C1C. The molecule has 1 rings (SSSR count). The molecule has 0 aromatic rings. The molecule has 0 bridgehead atoms. The van der Waals surface area contributed by atoms with Gasteiger partial charge in [0.2, 0.25) is 0 Å². The first kappa shape index (κ1) is 13.5. The molecule has 1 aliphatic carbocycles. The van der Waals surface area contributed by atoms with Crippen molar-refractivity contribution in [2.75, 3.05) is 0 Å². The molecule has 0 saturated carbocycles. The van der Waals surface area contributed by atoms with E-state index in [2.05, 4.69) is 34.6 Å². The van der Waals surface area contributed by atoms with Crippen LogP contribution in [0, 0.1) is 5.92 Å². The lowest BCUT2D eigenvalue weighted by molar-refractivity contribution is 0.597. The molecule has 0 spiro atoms. The van der Waals surface area contributed by atoms with E-state index in [1.54, 1.807) is 22.3 Å². The fraction of sp³-hybridized carbons (Fsp3) is 0.750. The van der Waals surface area contributed by atoms with Crippen LogP contribution >= 0.6 is 0 Å². The molecule has 0 aromatic carbocycles. The Balaban J connectivity index is 2.77. The number of rotatable bonds is 6. The van der Waals surface area contributed by atoms with Gasteiger partial charge in [0.25, 0.3) is 0 Å². The lowest BCUT2D eigenvalue weighted by Crippen LogP contribution is -2.00. The second-order valence-electron chi connectivity index (χ2n) is 5.27. The molecule has 0 saturated heterocycles. The normalized spacial score (nSPS) is 21.2. The molecule has 1 unspecified atom stereocenters. The van der Waals surface area contributed by atoms with Crippen molar-refractivity contribution in [2.45, 2.75) is 73.1 Å². The molecule has 0 fully saturated rings. The highest BCUT2D eigenvalue weighted by atomic mass is 14.3. The summed E-state index contributed by atoms with van der Waals surface area (Å²) in [6.07, 6.45) is 8.00. The van der Waals surface area contributed by atoms with Gasteiger partial charge in [0, 0.05) is 5.92 Å². The van der Waals surface area contributed by atoms with E-state index in [1.165, 1.54) is 38.5 Å². The van der Waals surface area contributed by atoms with E-state index in [0.29, 0.717) is 0 Å². The molecule has 0 amide bonds. The van der Waals surface area contributed by atoms with Crippen LogP contribution < -0.4 is 0 Å². The Bertz CT molecular complexity index is 291. The summed E-state index contributed by atoms with van der Waals surface area (Å²) < 4.78 is 0. The number of hydrogen-bond acceptors (Lipinski definition) is 0. The van der Waals surface area contributed by atoms with E-state index in [-0.39, 0.29) is 0 Å². The van der Waals surface area contributed by atoms with Crippen LogP contribution in [0.15, 0.2) is 22.3 Å². The van der Waals surface area contributed by atoms with Crippen molar-refractivity contribution in [1.29, 1.82) is 0 Å². The predicted molar refractivity (Wildman–Crippen MR) is 73.6 cm³/mol. The lowest BCUT2D eigenvalue weighted by atomic mass is 9.91. The van der Waals surface area contributed by atoms with Gasteiger partial charge < -0.3 is 0 Å². The van der Waals surface area contributed by atoms with Crippen molar-refractivity contribution in [3.63, 3.8) is 0 Å². The van der Waals surface area contributed by atoms with Gasteiger partial charge in [0.15, 0.2) is 0 Å². The Hall–Kier alpha value is -0.520. The fourth-order valence-corrected chi connectivity index (χ4v) is 2.91. The van der Waals surface area contributed by atoms with E-state index >= 15 is 0 Å². The standard InChI is InChI=1S/C16H28/c1-6-8-10-15-12(3)13(4)16(14(15)5)11-9-7-2/h15H,6-11H2,1-5H3.